The standard InChI is InChI=1S/C22H21ClN2O2.CH4/c1-26-9-10-27-21-14-17-6-5-16(15-3-2-4-19(23)12-15)11-18(17)13-20(21)22-24-7-8-25-22;/h2-6,11-14H,7-10H2,1H3,(H,24,25);1H4. The molecule has 4 rings (SSSR count). The molecule has 1 heterocycles. The zero-order chi connectivity index (χ0) is 18.6. The molecule has 0 spiro atoms. The number of aliphatic imine (C=N–C) groups is 1. The molecule has 1 aliphatic heterocycles. The van der Waals surface area contributed by atoms with Gasteiger partial charge < -0.3 is 14.8 Å². The number of benzene rings is 3. The lowest BCUT2D eigenvalue weighted by Crippen LogP contribution is -2.20. The number of nitrogens with one attached hydrogen (secondary N) is 1. The molecule has 5 heteroatoms. The summed E-state index contributed by atoms with van der Waals surface area (Å²) in [6, 6.07) is 18.5. The second kappa shape index (κ2) is 9.09. The molecule has 0 saturated carbocycles. The molecule has 1 aliphatic rings. The van der Waals surface area contributed by atoms with E-state index in [-0.39, 0.29) is 7.43 Å². The quantitative estimate of drug-likeness (QED) is 0.584. The van der Waals surface area contributed by atoms with Gasteiger partial charge in [-0.05, 0) is 52.2 Å². The summed E-state index contributed by atoms with van der Waals surface area (Å²) in [6.45, 7) is 2.69. The maximum absolute atomic E-state index is 6.15. The molecule has 0 bridgehead atoms. The third kappa shape index (κ3) is 4.29. The van der Waals surface area contributed by atoms with Crippen molar-refractivity contribution in [2.45, 2.75) is 7.43 Å². The van der Waals surface area contributed by atoms with E-state index in [4.69, 9.17) is 21.1 Å². The minimum absolute atomic E-state index is 0. The van der Waals surface area contributed by atoms with Gasteiger partial charge in [0, 0.05) is 18.7 Å². The summed E-state index contributed by atoms with van der Waals surface area (Å²) in [5.74, 6) is 1.71. The molecular formula is C23H25ClN2O2. The van der Waals surface area contributed by atoms with Crippen LogP contribution in [0.1, 0.15) is 13.0 Å². The second-order valence-electron chi connectivity index (χ2n) is 6.42. The number of nitrogens with zero attached hydrogens (tertiary/aromatic N) is 1. The Kier molecular flexibility index (Phi) is 6.55. The summed E-state index contributed by atoms with van der Waals surface area (Å²) < 4.78 is 11.1. The first-order valence-corrected chi connectivity index (χ1v) is 9.36. The molecule has 0 saturated heterocycles. The van der Waals surface area contributed by atoms with Gasteiger partial charge in [0.1, 0.15) is 18.2 Å². The van der Waals surface area contributed by atoms with Gasteiger partial charge in [-0.2, -0.15) is 0 Å². The maximum Gasteiger partial charge on any atom is 0.132 e. The topological polar surface area (TPSA) is 42.9 Å². The predicted molar refractivity (Wildman–Crippen MR) is 118 cm³/mol. The van der Waals surface area contributed by atoms with E-state index in [9.17, 15) is 0 Å². The highest BCUT2D eigenvalue weighted by molar-refractivity contribution is 6.30. The van der Waals surface area contributed by atoms with Crippen LogP contribution in [-0.4, -0.2) is 39.2 Å². The van der Waals surface area contributed by atoms with Crippen molar-refractivity contribution in [2.24, 2.45) is 4.99 Å². The van der Waals surface area contributed by atoms with E-state index in [1.54, 1.807) is 7.11 Å². The molecule has 28 heavy (non-hydrogen) atoms. The van der Waals surface area contributed by atoms with E-state index in [1.165, 1.54) is 0 Å². The van der Waals surface area contributed by atoms with Crippen molar-refractivity contribution in [3.63, 3.8) is 0 Å². The van der Waals surface area contributed by atoms with Crippen molar-refractivity contribution < 1.29 is 9.47 Å². The summed E-state index contributed by atoms with van der Waals surface area (Å²) in [6.07, 6.45) is 0. The van der Waals surface area contributed by atoms with Crippen LogP contribution >= 0.6 is 11.6 Å². The average molecular weight is 397 g/mol. The number of halogens is 1. The Morgan fingerprint density at radius 1 is 1.00 bits per heavy atom. The van der Waals surface area contributed by atoms with Crippen molar-refractivity contribution in [1.29, 1.82) is 0 Å². The van der Waals surface area contributed by atoms with Crippen LogP contribution in [0.5, 0.6) is 5.75 Å². The monoisotopic (exact) mass is 396 g/mol. The molecule has 3 aromatic carbocycles. The average Bonchev–Trinajstić information content (AvgIpc) is 3.22. The van der Waals surface area contributed by atoms with Gasteiger partial charge in [-0.15, -0.1) is 0 Å². The first-order valence-electron chi connectivity index (χ1n) is 8.99. The van der Waals surface area contributed by atoms with Crippen LogP contribution in [-0.2, 0) is 4.74 Å². The molecule has 0 aromatic heterocycles. The lowest BCUT2D eigenvalue weighted by molar-refractivity contribution is 0.146. The number of ether oxygens (including phenoxy) is 2. The van der Waals surface area contributed by atoms with Crippen LogP contribution in [0.15, 0.2) is 59.6 Å². The third-order valence-corrected chi connectivity index (χ3v) is 4.81. The Balaban J connectivity index is 0.00000225. The highest BCUT2D eigenvalue weighted by Crippen LogP contribution is 2.31. The molecule has 146 valence electrons. The first kappa shape index (κ1) is 20.2. The summed E-state index contributed by atoms with van der Waals surface area (Å²) in [5, 5.41) is 6.34. The molecule has 4 nitrogen and oxygen atoms in total. The van der Waals surface area contributed by atoms with Gasteiger partial charge in [-0.3, -0.25) is 4.99 Å². The van der Waals surface area contributed by atoms with Crippen LogP contribution in [0.2, 0.25) is 5.02 Å². The van der Waals surface area contributed by atoms with E-state index >= 15 is 0 Å². The van der Waals surface area contributed by atoms with Crippen LogP contribution < -0.4 is 10.1 Å². The lowest BCUT2D eigenvalue weighted by atomic mass is 9.99. The van der Waals surface area contributed by atoms with Crippen molar-refractivity contribution >= 4 is 28.2 Å². The van der Waals surface area contributed by atoms with E-state index in [0.717, 1.165) is 57.2 Å². The predicted octanol–water partition coefficient (Wildman–Crippen LogP) is 5.17. The van der Waals surface area contributed by atoms with Crippen molar-refractivity contribution in [3.05, 3.63) is 65.2 Å². The fraction of sp³-hybridized carbons (Fsp3) is 0.261. The zero-order valence-electron chi connectivity index (χ0n) is 15.2. The van der Waals surface area contributed by atoms with Crippen LogP contribution in [0, 0.1) is 0 Å². The molecule has 0 radical (unpaired) electrons. The largest absolute Gasteiger partial charge is 0.490 e. The van der Waals surface area contributed by atoms with Gasteiger partial charge in [0.2, 0.25) is 0 Å². The fourth-order valence-corrected chi connectivity index (χ4v) is 3.43. The molecular weight excluding hydrogens is 372 g/mol. The van der Waals surface area contributed by atoms with E-state index in [1.807, 2.05) is 18.2 Å². The molecule has 0 atom stereocenters. The summed E-state index contributed by atoms with van der Waals surface area (Å²) in [4.78, 5) is 4.57. The smallest absolute Gasteiger partial charge is 0.132 e. The summed E-state index contributed by atoms with van der Waals surface area (Å²) >= 11 is 6.15. The molecule has 0 amide bonds. The second-order valence-corrected chi connectivity index (χ2v) is 6.86. The minimum Gasteiger partial charge on any atom is -0.490 e. The van der Waals surface area contributed by atoms with Gasteiger partial charge in [0.05, 0.1) is 18.7 Å². The van der Waals surface area contributed by atoms with Crippen molar-refractivity contribution in [3.8, 4) is 16.9 Å². The Morgan fingerprint density at radius 2 is 1.86 bits per heavy atom. The number of methoxy groups -OCH3 is 1. The van der Waals surface area contributed by atoms with Gasteiger partial charge in [-0.1, -0.05) is 43.3 Å². The fourth-order valence-electron chi connectivity index (χ4n) is 3.24. The van der Waals surface area contributed by atoms with Crippen LogP contribution in [0.4, 0.5) is 0 Å². The van der Waals surface area contributed by atoms with Gasteiger partial charge in [0.25, 0.3) is 0 Å². The minimum atomic E-state index is 0. The third-order valence-electron chi connectivity index (χ3n) is 4.57. The maximum atomic E-state index is 6.15. The Labute approximate surface area is 171 Å². The highest BCUT2D eigenvalue weighted by atomic mass is 35.5. The Morgan fingerprint density at radius 3 is 2.61 bits per heavy atom. The first-order chi connectivity index (χ1) is 13.2. The van der Waals surface area contributed by atoms with Crippen molar-refractivity contribution in [1.82, 2.24) is 5.32 Å². The number of fused-ring (bicyclic) bond motifs is 1. The van der Waals surface area contributed by atoms with E-state index < -0.39 is 0 Å². The Bertz CT molecular complexity index is 1000. The Hall–Kier alpha value is -2.56. The molecule has 1 N–H and O–H groups in total. The number of amidine groups is 1. The molecule has 0 unspecified atom stereocenters. The van der Waals surface area contributed by atoms with Crippen LogP contribution in [0.3, 0.4) is 0 Å². The van der Waals surface area contributed by atoms with E-state index in [2.05, 4.69) is 46.7 Å². The SMILES string of the molecule is C.COCCOc1cc2ccc(-c3cccc(Cl)c3)cc2cc1C1=NCCN1. The summed E-state index contributed by atoms with van der Waals surface area (Å²) in [5.41, 5.74) is 3.22. The highest BCUT2D eigenvalue weighted by Gasteiger charge is 2.15. The molecule has 0 fully saturated rings. The molecule has 3 aromatic rings. The zero-order valence-corrected chi connectivity index (χ0v) is 15.9. The van der Waals surface area contributed by atoms with E-state index in [0.29, 0.717) is 13.2 Å². The number of hydrogen-bond acceptors (Lipinski definition) is 4. The van der Waals surface area contributed by atoms with Crippen molar-refractivity contribution in [2.75, 3.05) is 33.4 Å². The summed E-state index contributed by atoms with van der Waals surface area (Å²) in [7, 11) is 1.67. The van der Waals surface area contributed by atoms with Gasteiger partial charge in [-0.25, -0.2) is 0 Å². The van der Waals surface area contributed by atoms with Gasteiger partial charge >= 0.3 is 0 Å². The van der Waals surface area contributed by atoms with Gasteiger partial charge in [0.15, 0.2) is 0 Å². The van der Waals surface area contributed by atoms with Crippen LogP contribution in [0.25, 0.3) is 21.9 Å². The number of hydrogen-bond donors (Lipinski definition) is 1. The normalized spacial score (nSPS) is 13.0. The lowest BCUT2D eigenvalue weighted by Gasteiger charge is -2.14. The molecule has 0 aliphatic carbocycles. The number of rotatable bonds is 6.